The highest BCUT2D eigenvalue weighted by molar-refractivity contribution is 5.93. The predicted molar refractivity (Wildman–Crippen MR) is 87.3 cm³/mol. The summed E-state index contributed by atoms with van der Waals surface area (Å²) in [5.41, 5.74) is 2.06. The second-order valence-electron chi connectivity index (χ2n) is 6.51. The van der Waals surface area contributed by atoms with Crippen LogP contribution in [0.2, 0.25) is 0 Å². The Hall–Kier alpha value is -2.43. The number of hydrogen-bond donors (Lipinski definition) is 1. The van der Waals surface area contributed by atoms with Crippen LogP contribution in [0.4, 0.5) is 17.3 Å². The minimum atomic E-state index is -0.450. The Kier molecular flexibility index (Phi) is 3.56. The summed E-state index contributed by atoms with van der Waals surface area (Å²) in [6.45, 7) is 6.50. The zero-order chi connectivity index (χ0) is 15.7. The quantitative estimate of drug-likeness (QED) is 0.925. The van der Waals surface area contributed by atoms with Crippen molar-refractivity contribution in [2.45, 2.75) is 27.2 Å². The Labute approximate surface area is 130 Å². The van der Waals surface area contributed by atoms with E-state index in [9.17, 15) is 4.79 Å². The average Bonchev–Trinajstić information content (AvgIpc) is 2.91. The predicted octanol–water partition coefficient (Wildman–Crippen LogP) is 3.16. The molecular formula is C17H20N4O. The van der Waals surface area contributed by atoms with Crippen molar-refractivity contribution in [2.75, 3.05) is 16.8 Å². The van der Waals surface area contributed by atoms with E-state index in [-0.39, 0.29) is 5.91 Å². The Morgan fingerprint density at radius 1 is 1.14 bits per heavy atom. The summed E-state index contributed by atoms with van der Waals surface area (Å²) in [5.74, 6) is 1.22. The van der Waals surface area contributed by atoms with Crippen LogP contribution in [0.5, 0.6) is 0 Å². The first-order valence-corrected chi connectivity index (χ1v) is 7.46. The highest BCUT2D eigenvalue weighted by Crippen LogP contribution is 2.32. The second kappa shape index (κ2) is 5.40. The van der Waals surface area contributed by atoms with Crippen LogP contribution < -0.4 is 10.2 Å². The normalized spacial score (nSPS) is 13.9. The average molecular weight is 296 g/mol. The SMILES string of the molecule is CC(C)(C)C(=O)Nc1ccc(N2CCc3ccccc32)nn1. The van der Waals surface area contributed by atoms with Gasteiger partial charge in [0.15, 0.2) is 11.6 Å². The molecule has 0 atom stereocenters. The third-order valence-corrected chi connectivity index (χ3v) is 3.74. The lowest BCUT2D eigenvalue weighted by Crippen LogP contribution is -2.28. The van der Waals surface area contributed by atoms with E-state index in [0.29, 0.717) is 5.82 Å². The first-order valence-electron chi connectivity index (χ1n) is 7.46. The van der Waals surface area contributed by atoms with Crippen LogP contribution in [0, 0.1) is 5.41 Å². The maximum Gasteiger partial charge on any atom is 0.230 e. The summed E-state index contributed by atoms with van der Waals surface area (Å²) < 4.78 is 0. The van der Waals surface area contributed by atoms with Gasteiger partial charge >= 0.3 is 0 Å². The fourth-order valence-electron chi connectivity index (χ4n) is 2.42. The molecule has 3 rings (SSSR count). The summed E-state index contributed by atoms with van der Waals surface area (Å²) in [6.07, 6.45) is 1.01. The van der Waals surface area contributed by atoms with Crippen molar-refractivity contribution in [3.63, 3.8) is 0 Å². The molecule has 5 nitrogen and oxygen atoms in total. The van der Waals surface area contributed by atoms with E-state index in [1.165, 1.54) is 11.3 Å². The number of para-hydroxylation sites is 1. The smallest absolute Gasteiger partial charge is 0.230 e. The number of anilines is 3. The Bertz CT molecular complexity index is 689. The van der Waals surface area contributed by atoms with E-state index in [0.717, 1.165) is 18.8 Å². The number of carbonyl (C=O) groups is 1. The molecule has 5 heteroatoms. The number of nitrogens with one attached hydrogen (secondary N) is 1. The first-order chi connectivity index (χ1) is 10.4. The van der Waals surface area contributed by atoms with Crippen molar-refractivity contribution >= 4 is 23.2 Å². The van der Waals surface area contributed by atoms with Gasteiger partial charge in [0, 0.05) is 17.6 Å². The van der Waals surface area contributed by atoms with Gasteiger partial charge in [0.1, 0.15) is 0 Å². The minimum absolute atomic E-state index is 0.0685. The topological polar surface area (TPSA) is 58.1 Å². The molecule has 1 aliphatic rings. The van der Waals surface area contributed by atoms with Gasteiger partial charge in [0.05, 0.1) is 0 Å². The van der Waals surface area contributed by atoms with Gasteiger partial charge in [0.2, 0.25) is 5.91 Å². The van der Waals surface area contributed by atoms with Gasteiger partial charge in [-0.25, -0.2) is 0 Å². The van der Waals surface area contributed by atoms with Crippen LogP contribution in [-0.4, -0.2) is 22.6 Å². The number of rotatable bonds is 2. The molecule has 1 aromatic carbocycles. The van der Waals surface area contributed by atoms with Gasteiger partial charge in [-0.3, -0.25) is 4.79 Å². The third-order valence-electron chi connectivity index (χ3n) is 3.74. The Balaban J connectivity index is 1.77. The molecule has 0 aliphatic carbocycles. The molecule has 1 aliphatic heterocycles. The minimum Gasteiger partial charge on any atom is -0.324 e. The van der Waals surface area contributed by atoms with E-state index >= 15 is 0 Å². The maximum atomic E-state index is 11.9. The molecule has 0 radical (unpaired) electrons. The van der Waals surface area contributed by atoms with Gasteiger partial charge < -0.3 is 10.2 Å². The van der Waals surface area contributed by atoms with Crippen LogP contribution in [0.3, 0.4) is 0 Å². The molecule has 0 unspecified atom stereocenters. The zero-order valence-electron chi connectivity index (χ0n) is 13.1. The van der Waals surface area contributed by atoms with Crippen molar-refractivity contribution in [1.82, 2.24) is 10.2 Å². The van der Waals surface area contributed by atoms with Crippen molar-refractivity contribution in [3.05, 3.63) is 42.0 Å². The number of fused-ring (bicyclic) bond motifs is 1. The highest BCUT2D eigenvalue weighted by atomic mass is 16.2. The summed E-state index contributed by atoms with van der Waals surface area (Å²) in [7, 11) is 0. The number of benzene rings is 1. The summed E-state index contributed by atoms with van der Waals surface area (Å²) >= 11 is 0. The molecule has 0 fully saturated rings. The molecule has 22 heavy (non-hydrogen) atoms. The summed E-state index contributed by atoms with van der Waals surface area (Å²) in [4.78, 5) is 14.1. The van der Waals surface area contributed by atoms with Gasteiger partial charge in [-0.05, 0) is 30.2 Å². The number of carbonyl (C=O) groups excluding carboxylic acids is 1. The van der Waals surface area contributed by atoms with E-state index in [1.54, 1.807) is 6.07 Å². The van der Waals surface area contributed by atoms with E-state index in [4.69, 9.17) is 0 Å². The Morgan fingerprint density at radius 3 is 2.59 bits per heavy atom. The van der Waals surface area contributed by atoms with Crippen LogP contribution in [0.15, 0.2) is 36.4 Å². The van der Waals surface area contributed by atoms with Crippen molar-refractivity contribution in [2.24, 2.45) is 5.41 Å². The molecule has 0 saturated carbocycles. The lowest BCUT2D eigenvalue weighted by Gasteiger charge is -2.19. The third kappa shape index (κ3) is 2.79. The van der Waals surface area contributed by atoms with Gasteiger partial charge in [0.25, 0.3) is 0 Å². The molecule has 1 N–H and O–H groups in total. The number of amides is 1. The lowest BCUT2D eigenvalue weighted by atomic mass is 9.96. The molecule has 0 spiro atoms. The molecule has 1 amide bonds. The molecule has 114 valence electrons. The van der Waals surface area contributed by atoms with Gasteiger partial charge in [-0.15, -0.1) is 10.2 Å². The fourth-order valence-corrected chi connectivity index (χ4v) is 2.42. The van der Waals surface area contributed by atoms with Crippen molar-refractivity contribution < 1.29 is 4.79 Å². The largest absolute Gasteiger partial charge is 0.324 e. The van der Waals surface area contributed by atoms with E-state index in [1.807, 2.05) is 32.9 Å². The lowest BCUT2D eigenvalue weighted by molar-refractivity contribution is -0.123. The van der Waals surface area contributed by atoms with Crippen LogP contribution in [-0.2, 0) is 11.2 Å². The van der Waals surface area contributed by atoms with Crippen LogP contribution in [0.25, 0.3) is 0 Å². The van der Waals surface area contributed by atoms with E-state index in [2.05, 4.69) is 38.6 Å². The first kappa shape index (κ1) is 14.5. The number of hydrogen-bond acceptors (Lipinski definition) is 4. The highest BCUT2D eigenvalue weighted by Gasteiger charge is 2.23. The van der Waals surface area contributed by atoms with Gasteiger partial charge in [-0.1, -0.05) is 39.0 Å². The standard InChI is InChI=1S/C17H20N4O/c1-17(2,3)16(22)18-14-8-9-15(20-19-14)21-11-10-12-6-4-5-7-13(12)21/h4-9H,10-11H2,1-3H3,(H,18,19,22). The molecule has 2 aromatic rings. The molecular weight excluding hydrogens is 276 g/mol. The van der Waals surface area contributed by atoms with Crippen LogP contribution in [0.1, 0.15) is 26.3 Å². The molecule has 2 heterocycles. The molecule has 0 bridgehead atoms. The van der Waals surface area contributed by atoms with Crippen molar-refractivity contribution in [3.8, 4) is 0 Å². The van der Waals surface area contributed by atoms with Crippen LogP contribution >= 0.6 is 0 Å². The monoisotopic (exact) mass is 296 g/mol. The number of nitrogens with zero attached hydrogens (tertiary/aromatic N) is 3. The fraction of sp³-hybridized carbons (Fsp3) is 0.353. The maximum absolute atomic E-state index is 11.9. The second-order valence-corrected chi connectivity index (χ2v) is 6.51. The molecule has 1 aromatic heterocycles. The summed E-state index contributed by atoms with van der Waals surface area (Å²) in [6, 6.07) is 12.0. The zero-order valence-corrected chi connectivity index (χ0v) is 13.1. The van der Waals surface area contributed by atoms with Gasteiger partial charge in [-0.2, -0.15) is 0 Å². The number of aromatic nitrogens is 2. The van der Waals surface area contributed by atoms with Crippen molar-refractivity contribution in [1.29, 1.82) is 0 Å². The Morgan fingerprint density at radius 2 is 1.91 bits per heavy atom. The summed E-state index contributed by atoms with van der Waals surface area (Å²) in [5, 5.41) is 11.2. The van der Waals surface area contributed by atoms with E-state index < -0.39 is 5.41 Å². The molecule has 0 saturated heterocycles.